The average molecular weight is 434 g/mol. The van der Waals surface area contributed by atoms with Crippen LogP contribution >= 0.6 is 0 Å². The zero-order chi connectivity index (χ0) is 22.6. The Hall–Kier alpha value is -3.75. The van der Waals surface area contributed by atoms with Crippen molar-refractivity contribution >= 4 is 34.9 Å². The first-order valence-electron chi connectivity index (χ1n) is 10.6. The summed E-state index contributed by atoms with van der Waals surface area (Å²) < 4.78 is 0. The number of hydrogen-bond acceptors (Lipinski definition) is 6. The van der Waals surface area contributed by atoms with E-state index < -0.39 is 34.2 Å². The molecule has 3 aliphatic heterocycles. The molecule has 0 aliphatic carbocycles. The summed E-state index contributed by atoms with van der Waals surface area (Å²) in [6, 6.07) is 11.9. The molecular weight excluding hydrogens is 412 g/mol. The van der Waals surface area contributed by atoms with Gasteiger partial charge in [-0.3, -0.25) is 25.0 Å². The Morgan fingerprint density at radius 1 is 1.12 bits per heavy atom. The van der Waals surface area contributed by atoms with Crippen LogP contribution < -0.4 is 15.1 Å². The predicted molar refractivity (Wildman–Crippen MR) is 116 cm³/mol. The number of nitrogens with zero attached hydrogens (tertiary/aromatic N) is 3. The van der Waals surface area contributed by atoms with Gasteiger partial charge in [0, 0.05) is 30.8 Å². The maximum atomic E-state index is 14.0. The number of benzene rings is 2. The fourth-order valence-electron chi connectivity index (χ4n) is 5.34. The second-order valence-electron chi connectivity index (χ2n) is 8.79. The van der Waals surface area contributed by atoms with Crippen LogP contribution in [-0.4, -0.2) is 35.4 Å². The lowest BCUT2D eigenvalue weighted by Gasteiger charge is -2.54. The number of fused-ring (bicyclic) bond motifs is 4. The van der Waals surface area contributed by atoms with Crippen LogP contribution in [-0.2, 0) is 16.0 Å². The quantitative estimate of drug-likeness (QED) is 0.442. The summed E-state index contributed by atoms with van der Waals surface area (Å²) >= 11 is 0. The number of barbiturate groups is 1. The van der Waals surface area contributed by atoms with Gasteiger partial charge in [0.05, 0.1) is 16.7 Å². The second-order valence-corrected chi connectivity index (χ2v) is 8.79. The van der Waals surface area contributed by atoms with Crippen LogP contribution in [0.5, 0.6) is 0 Å². The van der Waals surface area contributed by atoms with Gasteiger partial charge >= 0.3 is 6.03 Å². The molecule has 2 saturated heterocycles. The van der Waals surface area contributed by atoms with Crippen molar-refractivity contribution in [1.29, 1.82) is 0 Å². The summed E-state index contributed by atoms with van der Waals surface area (Å²) in [5.41, 5.74) is 0.1000. The van der Waals surface area contributed by atoms with Gasteiger partial charge in [-0.05, 0) is 42.5 Å². The molecule has 3 heterocycles. The molecule has 1 N–H and O–H groups in total. The van der Waals surface area contributed by atoms with Gasteiger partial charge in [0.2, 0.25) is 5.91 Å². The molecule has 2 fully saturated rings. The molecule has 32 heavy (non-hydrogen) atoms. The topological polar surface area (TPSA) is 113 Å². The molecule has 1 spiro atoms. The van der Waals surface area contributed by atoms with Crippen molar-refractivity contribution in [2.75, 3.05) is 16.3 Å². The molecule has 9 nitrogen and oxygen atoms in total. The van der Waals surface area contributed by atoms with Crippen LogP contribution in [0.4, 0.5) is 21.9 Å². The van der Waals surface area contributed by atoms with Crippen molar-refractivity contribution in [3.63, 3.8) is 0 Å². The number of anilines is 2. The molecular formula is C23H22N4O5. The number of imide groups is 2. The van der Waals surface area contributed by atoms with Gasteiger partial charge in [-0.25, -0.2) is 9.69 Å². The number of rotatable bonds is 2. The first-order valence-corrected chi connectivity index (χ1v) is 10.6. The van der Waals surface area contributed by atoms with Crippen LogP contribution in [0, 0.1) is 21.4 Å². The van der Waals surface area contributed by atoms with E-state index in [-0.39, 0.29) is 18.0 Å². The highest BCUT2D eigenvalue weighted by molar-refractivity contribution is 6.30. The molecule has 5 rings (SSSR count). The molecule has 3 aliphatic rings. The predicted octanol–water partition coefficient (Wildman–Crippen LogP) is 3.03. The summed E-state index contributed by atoms with van der Waals surface area (Å²) in [6.07, 6.45) is 1.48. The van der Waals surface area contributed by atoms with Gasteiger partial charge in [0.1, 0.15) is 0 Å². The molecule has 0 bridgehead atoms. The number of carbonyl (C=O) groups excluding carboxylic acids is 3. The fourth-order valence-corrected chi connectivity index (χ4v) is 5.34. The normalized spacial score (nSPS) is 27.1. The minimum Gasteiger partial charge on any atom is -0.367 e. The summed E-state index contributed by atoms with van der Waals surface area (Å²) in [5, 5.41) is 13.8. The van der Waals surface area contributed by atoms with E-state index in [0.717, 1.165) is 17.0 Å². The number of carbonyl (C=O) groups is 3. The molecule has 9 heteroatoms. The number of piperidine rings is 1. The van der Waals surface area contributed by atoms with Crippen molar-refractivity contribution in [3.05, 3.63) is 64.2 Å². The largest absolute Gasteiger partial charge is 0.367 e. The van der Waals surface area contributed by atoms with E-state index in [9.17, 15) is 24.5 Å². The van der Waals surface area contributed by atoms with Crippen LogP contribution in [0.2, 0.25) is 0 Å². The summed E-state index contributed by atoms with van der Waals surface area (Å²) in [6.45, 7) is 2.71. The summed E-state index contributed by atoms with van der Waals surface area (Å²) in [4.78, 5) is 54.1. The highest BCUT2D eigenvalue weighted by atomic mass is 16.6. The number of amides is 4. The number of non-ortho nitro benzene ring substituents is 1. The molecule has 2 aromatic carbocycles. The molecule has 0 aromatic heterocycles. The van der Waals surface area contributed by atoms with Crippen LogP contribution in [0.15, 0.2) is 48.5 Å². The maximum absolute atomic E-state index is 14.0. The summed E-state index contributed by atoms with van der Waals surface area (Å²) in [5.74, 6) is -0.934. The number of nitro benzene ring substituents is 1. The van der Waals surface area contributed by atoms with Gasteiger partial charge in [0.15, 0.2) is 5.41 Å². The van der Waals surface area contributed by atoms with Crippen molar-refractivity contribution < 1.29 is 19.3 Å². The second kappa shape index (κ2) is 7.15. The molecule has 0 saturated carbocycles. The van der Waals surface area contributed by atoms with Crippen LogP contribution in [0.1, 0.15) is 25.3 Å². The minimum atomic E-state index is -1.55. The molecule has 4 amide bonds. The third-order valence-electron chi connectivity index (χ3n) is 6.91. The first-order chi connectivity index (χ1) is 15.3. The lowest BCUT2D eigenvalue weighted by Crippen LogP contribution is -2.73. The van der Waals surface area contributed by atoms with E-state index in [0.29, 0.717) is 24.2 Å². The number of para-hydroxylation sites is 1. The Kier molecular flexibility index (Phi) is 4.51. The minimum absolute atomic E-state index is 0.000813. The Labute approximate surface area is 184 Å². The highest BCUT2D eigenvalue weighted by Crippen LogP contribution is 2.49. The lowest BCUT2D eigenvalue weighted by atomic mass is 9.64. The molecule has 0 unspecified atom stereocenters. The maximum Gasteiger partial charge on any atom is 0.335 e. The van der Waals surface area contributed by atoms with Crippen molar-refractivity contribution in [1.82, 2.24) is 5.32 Å². The zero-order valence-electron chi connectivity index (χ0n) is 17.5. The van der Waals surface area contributed by atoms with E-state index in [4.69, 9.17) is 0 Å². The van der Waals surface area contributed by atoms with Gasteiger partial charge in [-0.1, -0.05) is 25.1 Å². The number of nitro groups is 1. The molecule has 0 radical (unpaired) electrons. The summed E-state index contributed by atoms with van der Waals surface area (Å²) in [7, 11) is 0. The third-order valence-corrected chi connectivity index (χ3v) is 6.91. The Morgan fingerprint density at radius 3 is 2.59 bits per heavy atom. The standard InChI is InChI=1S/C23H22N4O5/c1-14-9-10-25-18-8-7-17(27(31)32)12-15(18)13-23(19(25)11-14)20(28)24-22(30)26(21(23)29)16-5-3-2-4-6-16/h2-8,12,14,19H,9-11,13H2,1H3,(H,24,28,30)/t14-,19-,23-/m1/s1. The Balaban J connectivity index is 1.69. The number of hydrogen-bond donors (Lipinski definition) is 1. The molecule has 3 atom stereocenters. The molecule has 2 aromatic rings. The van der Waals surface area contributed by atoms with Crippen molar-refractivity contribution in [3.8, 4) is 0 Å². The van der Waals surface area contributed by atoms with E-state index in [2.05, 4.69) is 12.2 Å². The van der Waals surface area contributed by atoms with E-state index in [1.807, 2.05) is 4.90 Å². The Morgan fingerprint density at radius 2 is 1.88 bits per heavy atom. The number of urea groups is 1. The van der Waals surface area contributed by atoms with E-state index in [1.165, 1.54) is 12.1 Å². The van der Waals surface area contributed by atoms with Gasteiger partial charge < -0.3 is 4.90 Å². The first kappa shape index (κ1) is 20.2. The smallest absolute Gasteiger partial charge is 0.335 e. The number of nitrogens with one attached hydrogen (secondary N) is 1. The fraction of sp³-hybridized carbons (Fsp3) is 0.348. The average Bonchev–Trinajstić information content (AvgIpc) is 2.77. The SMILES string of the molecule is C[C@@H]1CCN2c3ccc([N+](=O)[O-])cc3C[C@]3(C(=O)NC(=O)N(c4ccccc4)C3=O)[C@H]2C1. The van der Waals surface area contributed by atoms with Gasteiger partial charge in [0.25, 0.3) is 11.6 Å². The van der Waals surface area contributed by atoms with Gasteiger partial charge in [-0.2, -0.15) is 0 Å². The van der Waals surface area contributed by atoms with Crippen LogP contribution in [0.3, 0.4) is 0 Å². The Bertz CT molecular complexity index is 1150. The zero-order valence-corrected chi connectivity index (χ0v) is 17.5. The van der Waals surface area contributed by atoms with E-state index >= 15 is 0 Å². The third kappa shape index (κ3) is 2.80. The van der Waals surface area contributed by atoms with Crippen molar-refractivity contribution in [2.24, 2.45) is 11.3 Å². The monoisotopic (exact) mass is 434 g/mol. The van der Waals surface area contributed by atoms with Crippen molar-refractivity contribution in [2.45, 2.75) is 32.2 Å². The van der Waals surface area contributed by atoms with E-state index in [1.54, 1.807) is 36.4 Å². The highest BCUT2D eigenvalue weighted by Gasteiger charge is 2.63. The lowest BCUT2D eigenvalue weighted by molar-refractivity contribution is -0.384. The van der Waals surface area contributed by atoms with Gasteiger partial charge in [-0.15, -0.1) is 0 Å². The molecule has 164 valence electrons. The van der Waals surface area contributed by atoms with Crippen LogP contribution in [0.25, 0.3) is 0 Å².